The van der Waals surface area contributed by atoms with Gasteiger partial charge in [0.1, 0.15) is 11.7 Å². The highest BCUT2D eigenvalue weighted by molar-refractivity contribution is 6.20. The Hall–Kier alpha value is -0.610. The van der Waals surface area contributed by atoms with E-state index in [1.165, 1.54) is 25.7 Å². The van der Waals surface area contributed by atoms with E-state index in [-0.39, 0.29) is 17.7 Å². The highest BCUT2D eigenvalue weighted by Gasteiger charge is 2.33. The Morgan fingerprint density at radius 2 is 1.50 bits per heavy atom. The number of ketones is 1. The van der Waals surface area contributed by atoms with Gasteiger partial charge >= 0.3 is 5.97 Å². The number of hydrogen-bond donors (Lipinski definition) is 1. The largest absolute Gasteiger partial charge is 0.481 e. The number of carboxylic acid groups (broad SMARTS) is 1. The predicted octanol–water partition coefficient (Wildman–Crippen LogP) is 4.06. The first kappa shape index (κ1) is 21.4. The predicted molar refractivity (Wildman–Crippen MR) is 91.0 cm³/mol. The van der Waals surface area contributed by atoms with Crippen LogP contribution in [0.3, 0.4) is 0 Å². The second-order valence-corrected chi connectivity index (χ2v) is 7.52. The van der Waals surface area contributed by atoms with E-state index in [4.69, 9.17) is 11.6 Å². The van der Waals surface area contributed by atoms with E-state index in [0.717, 1.165) is 19.3 Å². The topological polar surface area (TPSA) is 54.4 Å². The molecule has 22 heavy (non-hydrogen) atoms. The van der Waals surface area contributed by atoms with Gasteiger partial charge in [0.05, 0.1) is 21.1 Å². The van der Waals surface area contributed by atoms with Gasteiger partial charge in [-0.3, -0.25) is 9.59 Å². The number of quaternary nitrogens is 1. The summed E-state index contributed by atoms with van der Waals surface area (Å²) in [6.45, 7) is 2.19. The number of aliphatic carboxylic acids is 1. The Kier molecular flexibility index (Phi) is 10.7. The monoisotopic (exact) mass is 334 g/mol. The summed E-state index contributed by atoms with van der Waals surface area (Å²) in [5.41, 5.74) is -0.376. The Labute approximate surface area is 140 Å². The summed E-state index contributed by atoms with van der Waals surface area (Å²) in [5, 5.41) is 9.27. The summed E-state index contributed by atoms with van der Waals surface area (Å²) in [6, 6.07) is 0. The number of hydrogen-bond acceptors (Lipinski definition) is 2. The fourth-order valence-electron chi connectivity index (χ4n) is 2.31. The zero-order valence-corrected chi connectivity index (χ0v) is 15.4. The second-order valence-electron chi connectivity index (χ2n) is 7.01. The molecule has 1 N–H and O–H groups in total. The summed E-state index contributed by atoms with van der Waals surface area (Å²) < 4.78 is 0.441. The molecular weight excluding hydrogens is 302 g/mol. The molecule has 0 rings (SSSR count). The lowest BCUT2D eigenvalue weighted by Gasteiger charge is -2.30. The first-order valence-electron chi connectivity index (χ1n) is 8.40. The summed E-state index contributed by atoms with van der Waals surface area (Å²) >= 11 is 6.23. The molecule has 0 fully saturated rings. The van der Waals surface area contributed by atoms with Crippen molar-refractivity contribution in [1.29, 1.82) is 0 Å². The van der Waals surface area contributed by atoms with Crippen LogP contribution in [0.5, 0.6) is 0 Å². The van der Waals surface area contributed by atoms with Gasteiger partial charge in [0.2, 0.25) is 0 Å². The molecule has 0 aliphatic rings. The van der Waals surface area contributed by atoms with Crippen LogP contribution in [0.15, 0.2) is 0 Å². The highest BCUT2D eigenvalue weighted by Crippen LogP contribution is 2.21. The van der Waals surface area contributed by atoms with Gasteiger partial charge in [-0.2, -0.15) is 0 Å². The maximum absolute atomic E-state index is 12.1. The Morgan fingerprint density at radius 3 is 1.95 bits per heavy atom. The van der Waals surface area contributed by atoms with Crippen molar-refractivity contribution < 1.29 is 19.2 Å². The van der Waals surface area contributed by atoms with Crippen LogP contribution in [0, 0.1) is 5.92 Å². The minimum Gasteiger partial charge on any atom is -0.481 e. The van der Waals surface area contributed by atoms with Crippen molar-refractivity contribution in [2.45, 2.75) is 70.2 Å². The molecule has 5 heteroatoms. The summed E-state index contributed by atoms with van der Waals surface area (Å²) in [6.07, 6.45) is 8.40. The molecule has 0 aliphatic carbocycles. The zero-order valence-electron chi connectivity index (χ0n) is 14.6. The first-order chi connectivity index (χ1) is 10.2. The van der Waals surface area contributed by atoms with E-state index in [1.807, 2.05) is 21.1 Å². The van der Waals surface area contributed by atoms with Gasteiger partial charge < -0.3 is 9.59 Å². The number of carbonyl (C=O) groups excluding carboxylic acids is 1. The number of unbranched alkanes of at least 4 members (excludes halogenated alkanes) is 6. The molecule has 0 radical (unpaired) electrons. The quantitative estimate of drug-likeness (QED) is 0.182. The number of nitrogens with zero attached hydrogens (tertiary/aromatic N) is 1. The van der Waals surface area contributed by atoms with E-state index >= 15 is 0 Å². The fourth-order valence-corrected chi connectivity index (χ4v) is 2.49. The van der Waals surface area contributed by atoms with Crippen LogP contribution in [0.2, 0.25) is 0 Å². The van der Waals surface area contributed by atoms with Crippen LogP contribution in [0.1, 0.15) is 64.7 Å². The average Bonchev–Trinajstić information content (AvgIpc) is 2.41. The molecule has 0 aliphatic heterocycles. The lowest BCUT2D eigenvalue weighted by atomic mass is 9.95. The molecule has 0 bridgehead atoms. The fraction of sp³-hybridized carbons (Fsp3) is 0.882. The maximum atomic E-state index is 12.1. The van der Waals surface area contributed by atoms with E-state index < -0.39 is 11.9 Å². The number of halogens is 1. The van der Waals surface area contributed by atoms with Gasteiger partial charge in [-0.05, 0) is 6.42 Å². The van der Waals surface area contributed by atoms with Crippen LogP contribution < -0.4 is 0 Å². The van der Waals surface area contributed by atoms with Crippen LogP contribution >= 0.6 is 11.6 Å². The van der Waals surface area contributed by atoms with E-state index in [2.05, 4.69) is 6.92 Å². The molecule has 0 saturated carbocycles. The number of alkyl halides is 1. The number of rotatable bonds is 13. The molecule has 2 atom stereocenters. The van der Waals surface area contributed by atoms with Gasteiger partial charge in [-0.15, -0.1) is 0 Å². The minimum atomic E-state index is -1.05. The molecule has 0 heterocycles. The zero-order chi connectivity index (χ0) is 17.2. The number of carbonyl (C=O) groups is 2. The molecule has 4 nitrogen and oxygen atoms in total. The van der Waals surface area contributed by atoms with Crippen LogP contribution in [-0.4, -0.2) is 48.0 Å². The smallest absolute Gasteiger partial charge is 0.314 e. The molecule has 0 aromatic rings. The van der Waals surface area contributed by atoms with Gasteiger partial charge in [0, 0.05) is 12.8 Å². The molecule has 0 spiro atoms. The number of carboxylic acids is 1. The van der Waals surface area contributed by atoms with Gasteiger partial charge in [-0.25, -0.2) is 0 Å². The third-order valence-electron chi connectivity index (χ3n) is 3.98. The van der Waals surface area contributed by atoms with E-state index in [1.54, 1.807) is 0 Å². The van der Waals surface area contributed by atoms with Gasteiger partial charge in [0.15, 0.2) is 5.50 Å². The van der Waals surface area contributed by atoms with Crippen LogP contribution in [0.4, 0.5) is 0 Å². The molecular formula is C17H33ClNO3+. The second kappa shape index (κ2) is 11.0. The molecule has 130 valence electrons. The summed E-state index contributed by atoms with van der Waals surface area (Å²) in [7, 11) is 5.70. The van der Waals surface area contributed by atoms with Crippen LogP contribution in [-0.2, 0) is 9.59 Å². The first-order valence-corrected chi connectivity index (χ1v) is 8.84. The van der Waals surface area contributed by atoms with Gasteiger partial charge in [0.25, 0.3) is 0 Å². The van der Waals surface area contributed by atoms with Gasteiger partial charge in [-0.1, -0.05) is 57.0 Å². The summed E-state index contributed by atoms with van der Waals surface area (Å²) in [5.74, 6) is -2.20. The molecule has 0 aromatic heterocycles. The maximum Gasteiger partial charge on any atom is 0.314 e. The van der Waals surface area contributed by atoms with Crippen LogP contribution in [0.25, 0.3) is 0 Å². The van der Waals surface area contributed by atoms with E-state index in [9.17, 15) is 14.7 Å². The lowest BCUT2D eigenvalue weighted by Crippen LogP contribution is -2.44. The Balaban J connectivity index is 4.14. The van der Waals surface area contributed by atoms with Crippen molar-refractivity contribution >= 4 is 23.4 Å². The molecule has 0 aromatic carbocycles. The Bertz CT molecular complexity index is 339. The third-order valence-corrected chi connectivity index (χ3v) is 4.75. The average molecular weight is 335 g/mol. The number of Topliss-reactive ketones (excluding diaryl/α,β-unsaturated/α-hetero) is 1. The van der Waals surface area contributed by atoms with E-state index in [0.29, 0.717) is 10.9 Å². The minimum absolute atomic E-state index is 0.180. The Morgan fingerprint density at radius 1 is 1.00 bits per heavy atom. The normalized spacial score (nSPS) is 14.6. The third kappa shape index (κ3) is 9.42. The SMILES string of the molecule is CCCCCCCCCC(=O)[C@@H](C[C@H](Cl)[N+](C)(C)C)C(=O)O. The van der Waals surface area contributed by atoms with Crippen molar-refractivity contribution in [3.8, 4) is 0 Å². The van der Waals surface area contributed by atoms with Crippen molar-refractivity contribution in [2.24, 2.45) is 5.92 Å². The standard InChI is InChI=1S/C17H32ClNO3/c1-5-6-7-8-9-10-11-12-15(20)14(17(21)22)13-16(18)19(2,3)4/h14,16H,5-13H2,1-4H3/p+1/t14-,16-/m1/s1. The molecule has 0 unspecified atom stereocenters. The van der Waals surface area contributed by atoms with Crippen molar-refractivity contribution in [2.75, 3.05) is 21.1 Å². The lowest BCUT2D eigenvalue weighted by molar-refractivity contribution is -0.883. The summed E-state index contributed by atoms with van der Waals surface area (Å²) in [4.78, 5) is 23.5. The van der Waals surface area contributed by atoms with Crippen molar-refractivity contribution in [1.82, 2.24) is 0 Å². The highest BCUT2D eigenvalue weighted by atomic mass is 35.5. The van der Waals surface area contributed by atoms with Crippen molar-refractivity contribution in [3.63, 3.8) is 0 Å². The van der Waals surface area contributed by atoms with Crippen molar-refractivity contribution in [3.05, 3.63) is 0 Å². The molecule has 0 amide bonds. The molecule has 0 saturated heterocycles.